The van der Waals surface area contributed by atoms with Gasteiger partial charge in [0.05, 0.1) is 6.04 Å². The molecule has 0 saturated carbocycles. The number of nitrogens with zero attached hydrogens (tertiary/aromatic N) is 1. The predicted octanol–water partition coefficient (Wildman–Crippen LogP) is 3.44. The molecule has 1 aromatic carbocycles. The molecule has 1 saturated heterocycles. The van der Waals surface area contributed by atoms with Crippen LogP contribution in [0.1, 0.15) is 36.2 Å². The van der Waals surface area contributed by atoms with Gasteiger partial charge >= 0.3 is 6.03 Å². The monoisotopic (exact) mass is 343 g/mol. The minimum absolute atomic E-state index is 0.0152. The van der Waals surface area contributed by atoms with Crippen LogP contribution in [0.5, 0.6) is 0 Å². The number of carbonyl (C=O) groups is 2. The number of rotatable bonds is 5. The zero-order valence-electron chi connectivity index (χ0n) is 13.6. The second-order valence-electron chi connectivity index (χ2n) is 5.88. The number of urea groups is 1. The number of amides is 3. The van der Waals surface area contributed by atoms with Crippen LogP contribution in [0, 0.1) is 0 Å². The molecule has 6 heteroatoms. The summed E-state index contributed by atoms with van der Waals surface area (Å²) in [5.41, 5.74) is 1.88. The molecule has 3 amide bonds. The van der Waals surface area contributed by atoms with Crippen LogP contribution in [-0.4, -0.2) is 18.5 Å². The summed E-state index contributed by atoms with van der Waals surface area (Å²) in [5.74, 6) is 0.169. The Morgan fingerprint density at radius 1 is 1.33 bits per heavy atom. The smallest absolute Gasteiger partial charge is 0.315 e. The SMILES string of the molecule is C[C@H](NC(=O)NCc1cccc(N2CCCC2=O)c1)c1cccs1. The first-order valence-corrected chi connectivity index (χ1v) is 8.98. The van der Waals surface area contributed by atoms with Crippen LogP contribution in [0.15, 0.2) is 41.8 Å². The van der Waals surface area contributed by atoms with E-state index in [0.29, 0.717) is 13.0 Å². The molecule has 1 aromatic heterocycles. The number of hydrogen-bond donors (Lipinski definition) is 2. The minimum Gasteiger partial charge on any atom is -0.334 e. The second-order valence-corrected chi connectivity index (χ2v) is 6.86. The highest BCUT2D eigenvalue weighted by Crippen LogP contribution is 2.22. The van der Waals surface area contributed by atoms with Gasteiger partial charge in [0, 0.05) is 30.1 Å². The van der Waals surface area contributed by atoms with Crippen molar-refractivity contribution >= 4 is 29.0 Å². The lowest BCUT2D eigenvalue weighted by Gasteiger charge is -2.17. The van der Waals surface area contributed by atoms with Crippen LogP contribution in [0.25, 0.3) is 0 Å². The maximum atomic E-state index is 12.0. The summed E-state index contributed by atoms with van der Waals surface area (Å²) in [4.78, 5) is 26.8. The second kappa shape index (κ2) is 7.49. The van der Waals surface area contributed by atoms with Crippen molar-refractivity contribution in [2.45, 2.75) is 32.4 Å². The Morgan fingerprint density at radius 2 is 2.21 bits per heavy atom. The molecule has 126 valence electrons. The van der Waals surface area contributed by atoms with Gasteiger partial charge < -0.3 is 15.5 Å². The minimum atomic E-state index is -0.196. The standard InChI is InChI=1S/C18H21N3O2S/c1-13(16-7-4-10-24-16)20-18(23)19-12-14-5-2-6-15(11-14)21-9-3-8-17(21)22/h2,4-7,10-11,13H,3,8-9,12H2,1H3,(H2,19,20,23)/t13-/m0/s1. The molecule has 1 fully saturated rings. The Balaban J connectivity index is 1.54. The summed E-state index contributed by atoms with van der Waals surface area (Å²) in [6.07, 6.45) is 1.52. The molecule has 0 radical (unpaired) electrons. The summed E-state index contributed by atoms with van der Waals surface area (Å²) < 4.78 is 0. The Kier molecular flexibility index (Phi) is 5.15. The molecule has 0 bridgehead atoms. The van der Waals surface area contributed by atoms with Crippen LogP contribution in [-0.2, 0) is 11.3 Å². The third-order valence-electron chi connectivity index (χ3n) is 4.07. The first-order chi connectivity index (χ1) is 11.6. The maximum absolute atomic E-state index is 12.0. The molecule has 5 nitrogen and oxygen atoms in total. The summed E-state index contributed by atoms with van der Waals surface area (Å²) in [5, 5.41) is 7.79. The van der Waals surface area contributed by atoms with Crippen LogP contribution < -0.4 is 15.5 Å². The van der Waals surface area contributed by atoms with Crippen molar-refractivity contribution in [2.24, 2.45) is 0 Å². The zero-order valence-corrected chi connectivity index (χ0v) is 14.4. The van der Waals surface area contributed by atoms with E-state index in [2.05, 4.69) is 10.6 Å². The molecule has 24 heavy (non-hydrogen) atoms. The third-order valence-corrected chi connectivity index (χ3v) is 5.12. The summed E-state index contributed by atoms with van der Waals surface area (Å²) >= 11 is 1.62. The Morgan fingerprint density at radius 3 is 2.92 bits per heavy atom. The molecule has 3 rings (SSSR count). The van der Waals surface area contributed by atoms with Gasteiger partial charge in [-0.1, -0.05) is 18.2 Å². The van der Waals surface area contributed by atoms with Gasteiger partial charge in [-0.05, 0) is 42.5 Å². The topological polar surface area (TPSA) is 61.4 Å². The van der Waals surface area contributed by atoms with Crippen LogP contribution in [0.4, 0.5) is 10.5 Å². The average molecular weight is 343 g/mol. The molecule has 1 aliphatic heterocycles. The number of hydrogen-bond acceptors (Lipinski definition) is 3. The molecular weight excluding hydrogens is 322 g/mol. The molecule has 0 spiro atoms. The molecule has 1 atom stereocenters. The first kappa shape index (κ1) is 16.5. The fourth-order valence-corrected chi connectivity index (χ4v) is 3.53. The Bertz CT molecular complexity index is 715. The Labute approximate surface area is 145 Å². The van der Waals surface area contributed by atoms with E-state index >= 15 is 0 Å². The molecular formula is C18H21N3O2S. The van der Waals surface area contributed by atoms with Crippen molar-refractivity contribution in [1.82, 2.24) is 10.6 Å². The highest BCUT2D eigenvalue weighted by Gasteiger charge is 2.21. The molecule has 0 aliphatic carbocycles. The number of thiophene rings is 1. The van der Waals surface area contributed by atoms with E-state index in [1.165, 1.54) is 0 Å². The van der Waals surface area contributed by atoms with Crippen LogP contribution in [0.2, 0.25) is 0 Å². The van der Waals surface area contributed by atoms with Gasteiger partial charge in [0.2, 0.25) is 5.91 Å². The molecule has 2 aromatic rings. The van der Waals surface area contributed by atoms with Crippen molar-refractivity contribution in [3.8, 4) is 0 Å². The van der Waals surface area contributed by atoms with Gasteiger partial charge in [-0.15, -0.1) is 11.3 Å². The highest BCUT2D eigenvalue weighted by atomic mass is 32.1. The van der Waals surface area contributed by atoms with E-state index in [-0.39, 0.29) is 18.0 Å². The number of carbonyl (C=O) groups excluding carboxylic acids is 2. The molecule has 2 N–H and O–H groups in total. The fourth-order valence-electron chi connectivity index (χ4n) is 2.79. The van der Waals surface area contributed by atoms with Crippen molar-refractivity contribution < 1.29 is 9.59 Å². The van der Waals surface area contributed by atoms with Crippen molar-refractivity contribution in [3.05, 3.63) is 52.2 Å². The lowest BCUT2D eigenvalue weighted by molar-refractivity contribution is -0.117. The lowest BCUT2D eigenvalue weighted by Crippen LogP contribution is -2.36. The third kappa shape index (κ3) is 3.94. The summed E-state index contributed by atoms with van der Waals surface area (Å²) in [6.45, 7) is 3.17. The van der Waals surface area contributed by atoms with Crippen molar-refractivity contribution in [2.75, 3.05) is 11.4 Å². The summed E-state index contributed by atoms with van der Waals surface area (Å²) in [6, 6.07) is 11.5. The summed E-state index contributed by atoms with van der Waals surface area (Å²) in [7, 11) is 0. The van der Waals surface area contributed by atoms with Gasteiger partial charge in [0.15, 0.2) is 0 Å². The van der Waals surface area contributed by atoms with E-state index in [0.717, 1.165) is 29.1 Å². The van der Waals surface area contributed by atoms with E-state index in [9.17, 15) is 9.59 Å². The van der Waals surface area contributed by atoms with E-state index in [4.69, 9.17) is 0 Å². The highest BCUT2D eigenvalue weighted by molar-refractivity contribution is 7.10. The zero-order chi connectivity index (χ0) is 16.9. The number of anilines is 1. The molecule has 0 unspecified atom stereocenters. The van der Waals surface area contributed by atoms with Gasteiger partial charge in [0.1, 0.15) is 0 Å². The van der Waals surface area contributed by atoms with Gasteiger partial charge in [0.25, 0.3) is 0 Å². The van der Waals surface area contributed by atoms with Crippen LogP contribution in [0.3, 0.4) is 0 Å². The van der Waals surface area contributed by atoms with Crippen molar-refractivity contribution in [1.29, 1.82) is 0 Å². The molecule has 2 heterocycles. The lowest BCUT2D eigenvalue weighted by atomic mass is 10.2. The first-order valence-electron chi connectivity index (χ1n) is 8.10. The molecule has 1 aliphatic rings. The van der Waals surface area contributed by atoms with Gasteiger partial charge in [-0.2, -0.15) is 0 Å². The van der Waals surface area contributed by atoms with E-state index in [1.54, 1.807) is 11.3 Å². The number of benzene rings is 1. The fraction of sp³-hybridized carbons (Fsp3) is 0.333. The van der Waals surface area contributed by atoms with Gasteiger partial charge in [-0.3, -0.25) is 4.79 Å². The average Bonchev–Trinajstić information content (AvgIpc) is 3.24. The Hall–Kier alpha value is -2.34. The number of nitrogens with one attached hydrogen (secondary N) is 2. The van der Waals surface area contributed by atoms with Crippen LogP contribution >= 0.6 is 11.3 Å². The largest absolute Gasteiger partial charge is 0.334 e. The van der Waals surface area contributed by atoms with E-state index < -0.39 is 0 Å². The van der Waals surface area contributed by atoms with Crippen molar-refractivity contribution in [3.63, 3.8) is 0 Å². The predicted molar refractivity (Wildman–Crippen MR) is 96.1 cm³/mol. The normalized spacial score (nSPS) is 15.4. The van der Waals surface area contributed by atoms with Gasteiger partial charge in [-0.25, -0.2) is 4.79 Å². The maximum Gasteiger partial charge on any atom is 0.315 e. The quantitative estimate of drug-likeness (QED) is 0.874. The van der Waals surface area contributed by atoms with E-state index in [1.807, 2.05) is 53.6 Å².